The van der Waals surface area contributed by atoms with Gasteiger partial charge >= 0.3 is 0 Å². The minimum Gasteiger partial charge on any atom is -0.342 e. The van der Waals surface area contributed by atoms with Gasteiger partial charge in [0.2, 0.25) is 5.91 Å². The van der Waals surface area contributed by atoms with Gasteiger partial charge in [-0.25, -0.2) is 8.42 Å². The second kappa shape index (κ2) is 7.64. The summed E-state index contributed by atoms with van der Waals surface area (Å²) in [5.41, 5.74) is 6.62. The zero-order chi connectivity index (χ0) is 16.4. The Balaban J connectivity index is 0.00000264. The van der Waals surface area contributed by atoms with Crippen LogP contribution in [-0.2, 0) is 21.1 Å². The summed E-state index contributed by atoms with van der Waals surface area (Å²) in [6.45, 7) is 5.75. The van der Waals surface area contributed by atoms with Crippen LogP contribution in [-0.4, -0.2) is 44.6 Å². The lowest BCUT2D eigenvalue weighted by Gasteiger charge is -2.22. The molecule has 23 heavy (non-hydrogen) atoms. The molecule has 1 amide bonds. The molecule has 0 aliphatic carbocycles. The molecule has 0 radical (unpaired) electrons. The van der Waals surface area contributed by atoms with Crippen molar-refractivity contribution in [3.63, 3.8) is 0 Å². The average Bonchev–Trinajstić information content (AvgIpc) is 2.91. The van der Waals surface area contributed by atoms with Crippen LogP contribution in [0.25, 0.3) is 0 Å². The highest BCUT2D eigenvalue weighted by Gasteiger charge is 2.34. The number of amides is 1. The van der Waals surface area contributed by atoms with Crippen molar-refractivity contribution in [2.24, 2.45) is 11.1 Å². The van der Waals surface area contributed by atoms with Crippen molar-refractivity contribution < 1.29 is 13.2 Å². The molecule has 1 aliphatic heterocycles. The SMILES string of the molecule is CCS(=O)(=O)c1ccc(CC(=O)N2CCC(C)(CN)C2)cc1.Cl. The van der Waals surface area contributed by atoms with E-state index in [-0.39, 0.29) is 29.5 Å². The number of sulfone groups is 1. The first-order valence-electron chi connectivity index (χ1n) is 7.59. The molecular weight excluding hydrogens is 336 g/mol. The van der Waals surface area contributed by atoms with Crippen LogP contribution in [0.1, 0.15) is 25.8 Å². The number of carbonyl (C=O) groups is 1. The first kappa shape index (κ1) is 19.9. The molecule has 1 heterocycles. The number of carbonyl (C=O) groups excluding carboxylic acids is 1. The van der Waals surface area contributed by atoms with E-state index in [0.29, 0.717) is 24.4 Å². The van der Waals surface area contributed by atoms with E-state index < -0.39 is 9.84 Å². The third-order valence-electron chi connectivity index (χ3n) is 4.42. The van der Waals surface area contributed by atoms with Crippen LogP contribution in [0, 0.1) is 5.41 Å². The van der Waals surface area contributed by atoms with Crippen LogP contribution in [0.4, 0.5) is 0 Å². The molecule has 2 rings (SSSR count). The average molecular weight is 361 g/mol. The topological polar surface area (TPSA) is 80.5 Å². The zero-order valence-electron chi connectivity index (χ0n) is 13.6. The second-order valence-electron chi connectivity index (χ2n) is 6.30. The molecule has 1 atom stereocenters. The Kier molecular flexibility index (Phi) is 6.62. The fraction of sp³-hybridized carbons (Fsp3) is 0.562. The molecule has 1 saturated heterocycles. The highest BCUT2D eigenvalue weighted by atomic mass is 35.5. The van der Waals surface area contributed by atoms with Crippen molar-refractivity contribution in [2.45, 2.75) is 31.6 Å². The smallest absolute Gasteiger partial charge is 0.227 e. The standard InChI is InChI=1S/C16H24N2O3S.ClH/c1-3-22(20,21)14-6-4-13(5-7-14)10-15(19)18-9-8-16(2,11-17)12-18;/h4-7H,3,8-12,17H2,1-2H3;1H. The van der Waals surface area contributed by atoms with E-state index in [1.54, 1.807) is 31.2 Å². The molecular formula is C16H25ClN2O3S. The highest BCUT2D eigenvalue weighted by molar-refractivity contribution is 7.91. The van der Waals surface area contributed by atoms with Crippen molar-refractivity contribution in [3.05, 3.63) is 29.8 Å². The zero-order valence-corrected chi connectivity index (χ0v) is 15.3. The number of rotatable bonds is 5. The maximum Gasteiger partial charge on any atom is 0.227 e. The monoisotopic (exact) mass is 360 g/mol. The van der Waals surface area contributed by atoms with Gasteiger partial charge < -0.3 is 10.6 Å². The largest absolute Gasteiger partial charge is 0.342 e. The molecule has 1 aromatic rings. The summed E-state index contributed by atoms with van der Waals surface area (Å²) in [6, 6.07) is 6.60. The molecule has 0 bridgehead atoms. The number of nitrogens with two attached hydrogens (primary N) is 1. The molecule has 130 valence electrons. The van der Waals surface area contributed by atoms with Crippen LogP contribution < -0.4 is 5.73 Å². The normalized spacial score (nSPS) is 21.1. The molecule has 2 N–H and O–H groups in total. The lowest BCUT2D eigenvalue weighted by Crippen LogP contribution is -2.35. The van der Waals surface area contributed by atoms with E-state index in [9.17, 15) is 13.2 Å². The Morgan fingerprint density at radius 3 is 2.39 bits per heavy atom. The van der Waals surface area contributed by atoms with E-state index in [0.717, 1.165) is 18.5 Å². The van der Waals surface area contributed by atoms with Crippen LogP contribution >= 0.6 is 12.4 Å². The Labute approximate surface area is 144 Å². The summed E-state index contributed by atoms with van der Waals surface area (Å²) in [7, 11) is -3.19. The van der Waals surface area contributed by atoms with Gasteiger partial charge in [0, 0.05) is 13.1 Å². The highest BCUT2D eigenvalue weighted by Crippen LogP contribution is 2.28. The van der Waals surface area contributed by atoms with E-state index in [4.69, 9.17) is 5.73 Å². The van der Waals surface area contributed by atoms with Gasteiger partial charge in [0.15, 0.2) is 9.84 Å². The molecule has 0 saturated carbocycles. The van der Waals surface area contributed by atoms with E-state index in [1.807, 2.05) is 4.90 Å². The fourth-order valence-corrected chi connectivity index (χ4v) is 3.56. The summed E-state index contributed by atoms with van der Waals surface area (Å²) in [5, 5.41) is 0. The predicted molar refractivity (Wildman–Crippen MR) is 93.5 cm³/mol. The van der Waals surface area contributed by atoms with E-state index >= 15 is 0 Å². The molecule has 1 aromatic carbocycles. The van der Waals surface area contributed by atoms with Gasteiger partial charge in [-0.15, -0.1) is 12.4 Å². The Morgan fingerprint density at radius 1 is 1.30 bits per heavy atom. The van der Waals surface area contributed by atoms with Gasteiger partial charge in [-0.3, -0.25) is 4.79 Å². The molecule has 0 spiro atoms. The fourth-order valence-electron chi connectivity index (χ4n) is 2.67. The summed E-state index contributed by atoms with van der Waals surface area (Å²) in [4.78, 5) is 14.5. The van der Waals surface area contributed by atoms with Crippen molar-refractivity contribution in [1.82, 2.24) is 4.90 Å². The number of hydrogen-bond donors (Lipinski definition) is 1. The third kappa shape index (κ3) is 4.68. The van der Waals surface area contributed by atoms with Crippen LogP contribution in [0.2, 0.25) is 0 Å². The maximum absolute atomic E-state index is 12.3. The van der Waals surface area contributed by atoms with Crippen molar-refractivity contribution in [2.75, 3.05) is 25.4 Å². The van der Waals surface area contributed by atoms with E-state index in [1.165, 1.54) is 0 Å². The minimum atomic E-state index is -3.19. The number of nitrogens with zero attached hydrogens (tertiary/aromatic N) is 1. The lowest BCUT2D eigenvalue weighted by molar-refractivity contribution is -0.129. The summed E-state index contributed by atoms with van der Waals surface area (Å²) < 4.78 is 23.5. The summed E-state index contributed by atoms with van der Waals surface area (Å²) in [5.74, 6) is 0.153. The molecule has 1 unspecified atom stereocenters. The maximum atomic E-state index is 12.3. The molecule has 1 aliphatic rings. The first-order valence-corrected chi connectivity index (χ1v) is 9.24. The summed E-state index contributed by atoms with van der Waals surface area (Å²) >= 11 is 0. The quantitative estimate of drug-likeness (QED) is 0.865. The van der Waals surface area contributed by atoms with E-state index in [2.05, 4.69) is 6.92 Å². The predicted octanol–water partition coefficient (Wildman–Crippen LogP) is 1.64. The number of hydrogen-bond acceptors (Lipinski definition) is 4. The van der Waals surface area contributed by atoms with Crippen molar-refractivity contribution in [1.29, 1.82) is 0 Å². The van der Waals surface area contributed by atoms with Gasteiger partial charge in [0.1, 0.15) is 0 Å². The van der Waals surface area contributed by atoms with Gasteiger partial charge in [0.05, 0.1) is 17.1 Å². The second-order valence-corrected chi connectivity index (χ2v) is 8.58. The lowest BCUT2D eigenvalue weighted by atomic mass is 9.90. The molecule has 7 heteroatoms. The van der Waals surface area contributed by atoms with Gasteiger partial charge in [-0.05, 0) is 36.1 Å². The first-order chi connectivity index (χ1) is 10.3. The van der Waals surface area contributed by atoms with Crippen LogP contribution in [0.3, 0.4) is 0 Å². The van der Waals surface area contributed by atoms with Gasteiger partial charge in [0.25, 0.3) is 0 Å². The molecule has 0 aromatic heterocycles. The Morgan fingerprint density at radius 2 is 1.91 bits per heavy atom. The number of benzene rings is 1. The number of likely N-dealkylation sites (tertiary alicyclic amines) is 1. The van der Waals surface area contributed by atoms with Gasteiger partial charge in [-0.2, -0.15) is 0 Å². The third-order valence-corrected chi connectivity index (χ3v) is 6.17. The van der Waals surface area contributed by atoms with Crippen LogP contribution in [0.5, 0.6) is 0 Å². The minimum absolute atomic E-state index is 0. The number of halogens is 1. The van der Waals surface area contributed by atoms with Crippen molar-refractivity contribution >= 4 is 28.2 Å². The summed E-state index contributed by atoms with van der Waals surface area (Å²) in [6.07, 6.45) is 1.23. The van der Waals surface area contributed by atoms with Crippen molar-refractivity contribution in [3.8, 4) is 0 Å². The van der Waals surface area contributed by atoms with Crippen LogP contribution in [0.15, 0.2) is 29.2 Å². The van der Waals surface area contributed by atoms with Gasteiger partial charge in [-0.1, -0.05) is 26.0 Å². The Hall–Kier alpha value is -1.11. The molecule has 5 nitrogen and oxygen atoms in total. The molecule has 1 fully saturated rings. The Bertz CT molecular complexity index is 646.